The Morgan fingerprint density at radius 2 is 0.588 bits per heavy atom. The van der Waals surface area contributed by atoms with Crippen LogP contribution in [-0.4, -0.2) is 38.2 Å². The van der Waals surface area contributed by atoms with Gasteiger partial charge in [0.15, 0.2) is 0 Å². The molecule has 0 saturated carbocycles. The van der Waals surface area contributed by atoms with Crippen molar-refractivity contribution in [1.29, 1.82) is 0 Å². The minimum Gasteiger partial charge on any atom is -0.309 e. The summed E-state index contributed by atoms with van der Waals surface area (Å²) in [7, 11) is 0. The number of fused-ring (bicyclic) bond motifs is 20. The average molecular weight is 1340 g/mol. The van der Waals surface area contributed by atoms with Gasteiger partial charge in [-0.3, -0.25) is 9.13 Å². The van der Waals surface area contributed by atoms with Gasteiger partial charge in [-0.2, -0.15) is 0 Å². The molecule has 0 radical (unpaired) electrons. The predicted molar refractivity (Wildman–Crippen MR) is 429 cm³/mol. The van der Waals surface area contributed by atoms with E-state index in [4.69, 9.17) is 19.9 Å². The number of thiophene rings is 2. The van der Waals surface area contributed by atoms with Crippen molar-refractivity contribution in [3.63, 3.8) is 0 Å². The number of para-hydroxylation sites is 6. The molecule has 14 aromatic carbocycles. The van der Waals surface area contributed by atoms with Crippen molar-refractivity contribution < 1.29 is 0 Å². The number of nitrogens with zero attached hydrogens (tertiary/aromatic N) is 8. The van der Waals surface area contributed by atoms with Gasteiger partial charge in [0.1, 0.15) is 0 Å². The monoisotopic (exact) mass is 1340 g/mol. The normalized spacial score (nSPS) is 11.9. The molecule has 8 heterocycles. The number of hydrogen-bond donors (Lipinski definition) is 0. The van der Waals surface area contributed by atoms with E-state index in [1.54, 1.807) is 0 Å². The maximum atomic E-state index is 5.51. The lowest BCUT2D eigenvalue weighted by Crippen LogP contribution is -2.04. The van der Waals surface area contributed by atoms with E-state index in [9.17, 15) is 0 Å². The molecule has 8 nitrogen and oxygen atoms in total. The number of aromatic nitrogens is 8. The van der Waals surface area contributed by atoms with Gasteiger partial charge in [-0.25, -0.2) is 19.9 Å². The van der Waals surface area contributed by atoms with E-state index in [0.717, 1.165) is 89.5 Å². The summed E-state index contributed by atoms with van der Waals surface area (Å²) in [5.41, 5.74) is 19.1. The molecule has 0 aliphatic heterocycles. The van der Waals surface area contributed by atoms with Gasteiger partial charge >= 0.3 is 0 Å². The van der Waals surface area contributed by atoms with Gasteiger partial charge in [0.2, 0.25) is 11.9 Å². The molecule has 10 heteroatoms. The quantitative estimate of drug-likeness (QED) is 0.152. The lowest BCUT2D eigenvalue weighted by Gasteiger charge is -2.13. The molecule has 0 atom stereocenters. The van der Waals surface area contributed by atoms with Crippen molar-refractivity contribution in [3.8, 4) is 68.3 Å². The summed E-state index contributed by atoms with van der Waals surface area (Å²) < 4.78 is 14.4. The summed E-state index contributed by atoms with van der Waals surface area (Å²) in [6.07, 6.45) is 0. The zero-order valence-corrected chi connectivity index (χ0v) is 56.4. The van der Waals surface area contributed by atoms with Crippen molar-refractivity contribution >= 4 is 150 Å². The minimum atomic E-state index is 0.650. The van der Waals surface area contributed by atoms with Crippen molar-refractivity contribution in [2.75, 3.05) is 0 Å². The molecule has 102 heavy (non-hydrogen) atoms. The maximum absolute atomic E-state index is 5.51. The Labute approximate surface area is 592 Å². The zero-order valence-electron chi connectivity index (χ0n) is 54.7. The Hall–Kier alpha value is -13.1. The molecular formula is C92H56N8S2. The molecular weight excluding hydrogens is 1280 g/mol. The van der Waals surface area contributed by atoms with Gasteiger partial charge in [0, 0.05) is 117 Å². The van der Waals surface area contributed by atoms with Crippen molar-refractivity contribution in [2.45, 2.75) is 0 Å². The van der Waals surface area contributed by atoms with E-state index in [1.165, 1.54) is 94.5 Å². The van der Waals surface area contributed by atoms with E-state index in [1.807, 2.05) is 28.7 Å². The van der Waals surface area contributed by atoms with Crippen molar-refractivity contribution in [3.05, 3.63) is 340 Å². The van der Waals surface area contributed by atoms with Crippen LogP contribution in [0.15, 0.2) is 340 Å². The molecule has 0 spiro atoms. The molecule has 0 amide bonds. The fourth-order valence-corrected chi connectivity index (χ4v) is 18.1. The fourth-order valence-electron chi connectivity index (χ4n) is 15.9. The third-order valence-electron chi connectivity index (χ3n) is 20.3. The Balaban J connectivity index is 0.000000133. The molecule has 22 rings (SSSR count). The second-order valence-corrected chi connectivity index (χ2v) is 28.2. The first-order valence-electron chi connectivity index (χ1n) is 34.4. The van der Waals surface area contributed by atoms with Gasteiger partial charge in [0.05, 0.1) is 66.9 Å². The second-order valence-electron chi connectivity index (χ2n) is 26.0. The Morgan fingerprint density at radius 1 is 0.206 bits per heavy atom. The highest BCUT2D eigenvalue weighted by atomic mass is 32.1. The van der Waals surface area contributed by atoms with Crippen LogP contribution in [0.25, 0.3) is 196 Å². The first kappa shape index (κ1) is 57.9. The minimum absolute atomic E-state index is 0.650. The average Bonchev–Trinajstić information content (AvgIpc) is 1.55. The highest BCUT2D eigenvalue weighted by Gasteiger charge is 2.26. The molecule has 22 aromatic rings. The maximum Gasteiger partial charge on any atom is 0.235 e. The smallest absolute Gasteiger partial charge is 0.235 e. The summed E-state index contributed by atoms with van der Waals surface area (Å²) >= 11 is 3.66. The van der Waals surface area contributed by atoms with E-state index in [2.05, 4.69) is 352 Å². The van der Waals surface area contributed by atoms with Crippen LogP contribution < -0.4 is 0 Å². The Kier molecular flexibility index (Phi) is 13.2. The van der Waals surface area contributed by atoms with E-state index in [0.29, 0.717) is 11.9 Å². The van der Waals surface area contributed by atoms with Crippen LogP contribution in [0.1, 0.15) is 0 Å². The summed E-state index contributed by atoms with van der Waals surface area (Å²) in [5, 5.41) is 14.5. The van der Waals surface area contributed by atoms with E-state index >= 15 is 0 Å². The largest absolute Gasteiger partial charge is 0.309 e. The molecule has 0 aliphatic carbocycles. The van der Waals surface area contributed by atoms with E-state index in [-0.39, 0.29) is 0 Å². The summed E-state index contributed by atoms with van der Waals surface area (Å²) in [4.78, 5) is 21.7. The van der Waals surface area contributed by atoms with Gasteiger partial charge in [-0.15, -0.1) is 22.7 Å². The third kappa shape index (κ3) is 9.06. The molecule has 0 fully saturated rings. The van der Waals surface area contributed by atoms with Crippen LogP contribution in [0.3, 0.4) is 0 Å². The standard InChI is InChI=1S/2C46H28N4S/c1-3-14-29(15-4-1)36-28-37(33-21-13-25-42-43(33)35-20-9-12-24-41(35)51-42)48-46(47-36)50-38-22-10-7-18-31(38)32-26-27-40-44(45(32)50)34-19-8-11-23-39(34)49(40)30-16-5-2-6-17-30;1-3-13-29(14-4-1)37-28-38(30-23-26-43-36(27-30)33-18-9-12-22-42(33)51-43)48-46(47-37)50-39-20-10-7-17-32(39)34-24-25-41-44(45(34)50)35-19-8-11-21-40(35)49(41)31-15-5-2-6-16-31/h2*1-28H. The predicted octanol–water partition coefficient (Wildman–Crippen LogP) is 24.7. The number of benzene rings is 14. The molecule has 0 unspecified atom stereocenters. The molecule has 476 valence electrons. The van der Waals surface area contributed by atoms with E-state index < -0.39 is 0 Å². The highest BCUT2D eigenvalue weighted by molar-refractivity contribution is 7.26. The van der Waals surface area contributed by atoms with Crippen molar-refractivity contribution in [2.24, 2.45) is 0 Å². The van der Waals surface area contributed by atoms with Crippen LogP contribution in [0.4, 0.5) is 0 Å². The SMILES string of the molecule is c1ccc(-c2cc(-c3ccc4sc5ccccc5c4c3)nc(-n3c4ccccc4c4ccc5c(c6ccccc6n5-c5ccccc5)c43)n2)cc1.c1ccc(-c2cc(-c3cccc4sc5ccccc5c34)nc(-n3c4ccccc4c4ccc5c(c6ccccc6n5-c5ccccc5)c43)n2)cc1. The molecule has 0 bridgehead atoms. The van der Waals surface area contributed by atoms with Crippen LogP contribution in [0, 0.1) is 0 Å². The number of rotatable bonds is 8. The van der Waals surface area contributed by atoms with Crippen LogP contribution >= 0.6 is 22.7 Å². The highest BCUT2D eigenvalue weighted by Crippen LogP contribution is 2.47. The molecule has 0 aliphatic rings. The van der Waals surface area contributed by atoms with Gasteiger partial charge in [0.25, 0.3) is 0 Å². The first-order valence-corrected chi connectivity index (χ1v) is 36.0. The number of hydrogen-bond acceptors (Lipinski definition) is 6. The fraction of sp³-hybridized carbons (Fsp3) is 0. The zero-order chi connectivity index (χ0) is 66.9. The van der Waals surface area contributed by atoms with Gasteiger partial charge in [-0.1, -0.05) is 237 Å². The summed E-state index contributed by atoms with van der Waals surface area (Å²) in [5.74, 6) is 1.30. The van der Waals surface area contributed by atoms with Crippen molar-refractivity contribution in [1.82, 2.24) is 38.2 Å². The molecule has 8 aromatic heterocycles. The van der Waals surface area contributed by atoms with Crippen LogP contribution in [0.5, 0.6) is 0 Å². The second kappa shape index (κ2) is 23.3. The van der Waals surface area contributed by atoms with Crippen LogP contribution in [0.2, 0.25) is 0 Å². The lowest BCUT2D eigenvalue weighted by atomic mass is 10.0. The Bertz CT molecular complexity index is 7120. The first-order chi connectivity index (χ1) is 50.6. The molecule has 0 N–H and O–H groups in total. The van der Waals surface area contributed by atoms with Gasteiger partial charge < -0.3 is 9.13 Å². The van der Waals surface area contributed by atoms with Crippen LogP contribution in [-0.2, 0) is 0 Å². The third-order valence-corrected chi connectivity index (χ3v) is 22.6. The Morgan fingerprint density at radius 3 is 1.12 bits per heavy atom. The summed E-state index contributed by atoms with van der Waals surface area (Å²) in [6, 6.07) is 121. The molecule has 0 saturated heterocycles. The summed E-state index contributed by atoms with van der Waals surface area (Å²) in [6.45, 7) is 0. The topological polar surface area (TPSA) is 71.3 Å². The lowest BCUT2D eigenvalue weighted by molar-refractivity contribution is 0.998. The van der Waals surface area contributed by atoms with Gasteiger partial charge in [-0.05, 0) is 103 Å².